The average molecular weight is 269 g/mol. The second-order valence-electron chi connectivity index (χ2n) is 4.34. The Bertz CT molecular complexity index is 578. The highest BCUT2D eigenvalue weighted by molar-refractivity contribution is 7.99. The highest BCUT2D eigenvalue weighted by atomic mass is 32.2. The second-order valence-corrected chi connectivity index (χ2v) is 5.49. The van der Waals surface area contributed by atoms with Gasteiger partial charge in [0.05, 0.1) is 0 Å². The molecule has 1 saturated heterocycles. The Morgan fingerprint density at radius 2 is 2.22 bits per heavy atom. The molecule has 1 unspecified atom stereocenters. The van der Waals surface area contributed by atoms with Crippen LogP contribution in [0.25, 0.3) is 0 Å². The number of carbonyl (C=O) groups is 1. The van der Waals surface area contributed by atoms with Crippen molar-refractivity contribution in [1.82, 2.24) is 14.5 Å². The molecule has 0 radical (unpaired) electrons. The van der Waals surface area contributed by atoms with Gasteiger partial charge in [-0.1, -0.05) is 0 Å². The van der Waals surface area contributed by atoms with E-state index in [1.54, 1.807) is 16.7 Å². The fourth-order valence-corrected chi connectivity index (χ4v) is 2.91. The van der Waals surface area contributed by atoms with Crippen molar-refractivity contribution in [2.24, 2.45) is 7.05 Å². The predicted molar refractivity (Wildman–Crippen MR) is 70.1 cm³/mol. The van der Waals surface area contributed by atoms with Crippen LogP contribution in [0.15, 0.2) is 15.8 Å². The van der Waals surface area contributed by atoms with E-state index in [2.05, 4.69) is 4.98 Å². The molecule has 1 aromatic heterocycles. The third-order valence-electron chi connectivity index (χ3n) is 2.97. The molecule has 98 valence electrons. The van der Waals surface area contributed by atoms with Gasteiger partial charge in [-0.2, -0.15) is 11.8 Å². The molecule has 0 aliphatic carbocycles. The van der Waals surface area contributed by atoms with Crippen molar-refractivity contribution < 1.29 is 4.79 Å². The minimum Gasteiger partial charge on any atom is -0.334 e. The van der Waals surface area contributed by atoms with Gasteiger partial charge in [0.1, 0.15) is 5.56 Å². The third kappa shape index (κ3) is 2.35. The molecule has 0 bridgehead atoms. The number of H-pyrrole nitrogens is 1. The molecule has 1 aromatic rings. The van der Waals surface area contributed by atoms with Gasteiger partial charge in [-0.05, 0) is 6.92 Å². The number of amides is 1. The molecule has 7 heteroatoms. The molecule has 1 N–H and O–H groups in total. The minimum absolute atomic E-state index is 0.0239. The molecule has 0 aromatic carbocycles. The molecule has 1 atom stereocenters. The summed E-state index contributed by atoms with van der Waals surface area (Å²) >= 11 is 1.79. The summed E-state index contributed by atoms with van der Waals surface area (Å²) in [5.74, 6) is 1.44. The Hall–Kier alpha value is -1.50. The zero-order chi connectivity index (χ0) is 13.3. The SMILES string of the molecule is CC1CSCCN1C(=O)c1cn(C)c(=O)[nH]c1=O. The van der Waals surface area contributed by atoms with Crippen molar-refractivity contribution in [2.75, 3.05) is 18.1 Å². The van der Waals surface area contributed by atoms with E-state index >= 15 is 0 Å². The summed E-state index contributed by atoms with van der Waals surface area (Å²) < 4.78 is 1.21. The van der Waals surface area contributed by atoms with Crippen molar-refractivity contribution in [3.8, 4) is 0 Å². The average Bonchev–Trinajstić information content (AvgIpc) is 2.33. The van der Waals surface area contributed by atoms with Gasteiger partial charge in [-0.15, -0.1) is 0 Å². The molecule has 0 spiro atoms. The van der Waals surface area contributed by atoms with Crippen LogP contribution >= 0.6 is 11.8 Å². The van der Waals surface area contributed by atoms with Crippen molar-refractivity contribution >= 4 is 17.7 Å². The summed E-state index contributed by atoms with van der Waals surface area (Å²) in [6, 6.07) is 0.105. The van der Waals surface area contributed by atoms with Crippen LogP contribution in [-0.4, -0.2) is 44.5 Å². The normalized spacial score (nSPS) is 19.9. The summed E-state index contributed by atoms with van der Waals surface area (Å²) in [6.07, 6.45) is 1.30. The van der Waals surface area contributed by atoms with E-state index < -0.39 is 11.2 Å². The largest absolute Gasteiger partial charge is 0.334 e. The first-order chi connectivity index (χ1) is 8.50. The smallest absolute Gasteiger partial charge is 0.328 e. The summed E-state index contributed by atoms with van der Waals surface area (Å²) in [5, 5.41) is 0. The third-order valence-corrected chi connectivity index (χ3v) is 4.16. The number of rotatable bonds is 1. The van der Waals surface area contributed by atoms with Crippen molar-refractivity contribution in [3.63, 3.8) is 0 Å². The number of hydrogen-bond acceptors (Lipinski definition) is 4. The molecule has 1 amide bonds. The number of aromatic amines is 1. The topological polar surface area (TPSA) is 75.2 Å². The second kappa shape index (κ2) is 5.01. The molecule has 1 fully saturated rings. The van der Waals surface area contributed by atoms with E-state index in [0.29, 0.717) is 6.54 Å². The van der Waals surface area contributed by atoms with Crippen LogP contribution in [0.1, 0.15) is 17.3 Å². The lowest BCUT2D eigenvalue weighted by molar-refractivity contribution is 0.0713. The number of hydrogen-bond donors (Lipinski definition) is 1. The maximum absolute atomic E-state index is 12.3. The Morgan fingerprint density at radius 1 is 1.50 bits per heavy atom. The van der Waals surface area contributed by atoms with Crippen LogP contribution in [0.4, 0.5) is 0 Å². The van der Waals surface area contributed by atoms with Gasteiger partial charge in [0, 0.05) is 37.3 Å². The molecule has 1 aliphatic rings. The van der Waals surface area contributed by atoms with E-state index in [-0.39, 0.29) is 17.5 Å². The zero-order valence-corrected chi connectivity index (χ0v) is 11.1. The molecular weight excluding hydrogens is 254 g/mol. The fraction of sp³-hybridized carbons (Fsp3) is 0.545. The molecule has 0 saturated carbocycles. The van der Waals surface area contributed by atoms with Gasteiger partial charge in [-0.25, -0.2) is 4.79 Å². The van der Waals surface area contributed by atoms with E-state index in [0.717, 1.165) is 11.5 Å². The monoisotopic (exact) mass is 269 g/mol. The first kappa shape index (κ1) is 12.9. The van der Waals surface area contributed by atoms with E-state index in [1.807, 2.05) is 6.92 Å². The van der Waals surface area contributed by atoms with Gasteiger partial charge in [0.25, 0.3) is 11.5 Å². The number of nitrogens with zero attached hydrogens (tertiary/aromatic N) is 2. The standard InChI is InChI=1S/C11H15N3O3S/c1-7-6-18-4-3-14(7)10(16)8-5-13(2)11(17)12-9(8)15/h5,7H,3-4,6H2,1-2H3,(H,12,15,17). The van der Waals surface area contributed by atoms with Crippen LogP contribution in [0.5, 0.6) is 0 Å². The van der Waals surface area contributed by atoms with E-state index in [9.17, 15) is 14.4 Å². The predicted octanol–water partition coefficient (Wildman–Crippen LogP) is -0.349. The molecular formula is C11H15N3O3S. The number of thioether (sulfide) groups is 1. The van der Waals surface area contributed by atoms with Crippen LogP contribution in [0.3, 0.4) is 0 Å². The molecule has 2 heterocycles. The zero-order valence-electron chi connectivity index (χ0n) is 10.3. The van der Waals surface area contributed by atoms with Gasteiger partial charge in [0.2, 0.25) is 0 Å². The van der Waals surface area contributed by atoms with Crippen LogP contribution in [0.2, 0.25) is 0 Å². The highest BCUT2D eigenvalue weighted by Crippen LogP contribution is 2.17. The maximum Gasteiger partial charge on any atom is 0.328 e. The lowest BCUT2D eigenvalue weighted by Gasteiger charge is -2.32. The summed E-state index contributed by atoms with van der Waals surface area (Å²) in [6.45, 7) is 2.59. The van der Waals surface area contributed by atoms with Gasteiger partial charge >= 0.3 is 5.69 Å². The Balaban J connectivity index is 2.37. The number of nitrogens with one attached hydrogen (secondary N) is 1. The summed E-state index contributed by atoms with van der Waals surface area (Å²) in [7, 11) is 1.50. The van der Waals surface area contributed by atoms with Crippen molar-refractivity contribution in [2.45, 2.75) is 13.0 Å². The Morgan fingerprint density at radius 3 is 2.89 bits per heavy atom. The lowest BCUT2D eigenvalue weighted by atomic mass is 10.2. The summed E-state index contributed by atoms with van der Waals surface area (Å²) in [5.41, 5.74) is -1.11. The number of carbonyl (C=O) groups excluding carboxylic acids is 1. The van der Waals surface area contributed by atoms with Crippen LogP contribution in [0, 0.1) is 0 Å². The lowest BCUT2D eigenvalue weighted by Crippen LogP contribution is -2.47. The van der Waals surface area contributed by atoms with Gasteiger partial charge < -0.3 is 9.47 Å². The number of aryl methyl sites for hydroxylation is 1. The number of aromatic nitrogens is 2. The van der Waals surface area contributed by atoms with Crippen LogP contribution < -0.4 is 11.2 Å². The Labute approximate surface area is 108 Å². The first-order valence-corrected chi connectivity index (χ1v) is 6.85. The molecule has 1 aliphatic heterocycles. The van der Waals surface area contributed by atoms with Gasteiger partial charge in [0.15, 0.2) is 0 Å². The highest BCUT2D eigenvalue weighted by Gasteiger charge is 2.26. The maximum atomic E-state index is 12.3. The van der Waals surface area contributed by atoms with Crippen molar-refractivity contribution in [3.05, 3.63) is 32.6 Å². The molecule has 6 nitrogen and oxygen atoms in total. The fourth-order valence-electron chi connectivity index (χ4n) is 1.90. The summed E-state index contributed by atoms with van der Waals surface area (Å²) in [4.78, 5) is 39.0. The van der Waals surface area contributed by atoms with E-state index in [4.69, 9.17) is 0 Å². The van der Waals surface area contributed by atoms with Crippen molar-refractivity contribution in [1.29, 1.82) is 0 Å². The first-order valence-electron chi connectivity index (χ1n) is 5.69. The quantitative estimate of drug-likeness (QED) is 0.756. The Kier molecular flexibility index (Phi) is 3.60. The van der Waals surface area contributed by atoms with Crippen LogP contribution in [-0.2, 0) is 7.05 Å². The molecule has 2 rings (SSSR count). The van der Waals surface area contributed by atoms with Gasteiger partial charge in [-0.3, -0.25) is 14.6 Å². The minimum atomic E-state index is -0.617. The van der Waals surface area contributed by atoms with E-state index in [1.165, 1.54) is 17.8 Å². The molecule has 18 heavy (non-hydrogen) atoms.